The topological polar surface area (TPSA) is 9.23 Å². The highest BCUT2D eigenvalue weighted by Gasteiger charge is 2.09. The monoisotopic (exact) mass is 221 g/mol. The van der Waals surface area contributed by atoms with E-state index in [4.69, 9.17) is 6.11 Å². The molecule has 0 aromatic heterocycles. The minimum Gasteiger partial charge on any atom is -0.497 e. The van der Waals surface area contributed by atoms with Crippen LogP contribution in [0, 0.1) is 11.6 Å². The van der Waals surface area contributed by atoms with E-state index in [1.807, 2.05) is 0 Å². The summed E-state index contributed by atoms with van der Waals surface area (Å²) in [4.78, 5) is 0. The van der Waals surface area contributed by atoms with Crippen molar-refractivity contribution < 1.29 is 14.9 Å². The normalized spacial score (nSPS) is 11.1. The first-order valence-corrected chi connectivity index (χ1v) is 4.72. The third-order valence-corrected chi connectivity index (χ3v) is 2.27. The van der Waals surface area contributed by atoms with Crippen molar-refractivity contribution in [3.8, 4) is 16.9 Å². The van der Waals surface area contributed by atoms with Gasteiger partial charge in [0.05, 0.1) is 8.48 Å². The van der Waals surface area contributed by atoms with E-state index in [9.17, 15) is 8.78 Å². The van der Waals surface area contributed by atoms with Gasteiger partial charge in [0.1, 0.15) is 5.75 Å². The molecule has 0 aliphatic rings. The summed E-state index contributed by atoms with van der Waals surface area (Å²) >= 11 is 0. The highest BCUT2D eigenvalue weighted by Crippen LogP contribution is 2.25. The quantitative estimate of drug-likeness (QED) is 0.752. The van der Waals surface area contributed by atoms with Crippen molar-refractivity contribution >= 4 is 0 Å². The predicted molar refractivity (Wildman–Crippen MR) is 58.3 cm³/mol. The molecule has 2 aromatic rings. The van der Waals surface area contributed by atoms with Crippen LogP contribution >= 0.6 is 0 Å². The van der Waals surface area contributed by atoms with Crippen molar-refractivity contribution in [2.45, 2.75) is 0 Å². The maximum absolute atomic E-state index is 13.5. The van der Waals surface area contributed by atoms with Crippen molar-refractivity contribution in [1.82, 2.24) is 0 Å². The fourth-order valence-electron chi connectivity index (χ4n) is 1.43. The van der Waals surface area contributed by atoms with E-state index in [1.165, 1.54) is 25.3 Å². The molecule has 0 heterocycles. The van der Waals surface area contributed by atoms with Crippen LogP contribution in [0.5, 0.6) is 5.75 Å². The molecule has 0 unspecified atom stereocenters. The second-order valence-electron chi connectivity index (χ2n) is 3.25. The van der Waals surface area contributed by atoms with Gasteiger partial charge in [0.25, 0.3) is 0 Å². The van der Waals surface area contributed by atoms with Crippen molar-refractivity contribution in [2.24, 2.45) is 0 Å². The van der Waals surface area contributed by atoms with Gasteiger partial charge < -0.3 is 4.74 Å². The lowest BCUT2D eigenvalue weighted by atomic mass is 10.0. The van der Waals surface area contributed by atoms with Gasteiger partial charge in [-0.3, -0.25) is 0 Å². The molecule has 0 atom stereocenters. The molecular weight excluding hydrogens is 210 g/mol. The van der Waals surface area contributed by atoms with Crippen molar-refractivity contribution in [1.29, 1.82) is 0 Å². The Hall–Kier alpha value is -1.90. The first-order valence-electron chi connectivity index (χ1n) is 5.22. The van der Waals surface area contributed by atoms with Gasteiger partial charge >= 0.3 is 0 Å². The van der Waals surface area contributed by atoms with Gasteiger partial charge in [-0.15, -0.1) is 0 Å². The Morgan fingerprint density at radius 3 is 2.62 bits per heavy atom. The van der Waals surface area contributed by atoms with E-state index in [2.05, 4.69) is 0 Å². The number of methoxy groups -OCH3 is 1. The fraction of sp³-hybridized carbons (Fsp3) is 0.0769. The fourth-order valence-corrected chi connectivity index (χ4v) is 1.43. The second-order valence-corrected chi connectivity index (χ2v) is 3.25. The van der Waals surface area contributed by atoms with Crippen LogP contribution in [0.3, 0.4) is 0 Å². The zero-order valence-corrected chi connectivity index (χ0v) is 8.63. The smallest absolute Gasteiger partial charge is 0.166 e. The third kappa shape index (κ3) is 1.89. The minimum absolute atomic E-state index is 0.133. The van der Waals surface area contributed by atoms with E-state index < -0.39 is 11.6 Å². The van der Waals surface area contributed by atoms with Crippen LogP contribution < -0.4 is 4.74 Å². The summed E-state index contributed by atoms with van der Waals surface area (Å²) < 4.78 is 39.2. The molecule has 0 fully saturated rings. The van der Waals surface area contributed by atoms with E-state index in [1.54, 1.807) is 12.1 Å². The van der Waals surface area contributed by atoms with E-state index in [-0.39, 0.29) is 11.6 Å². The van der Waals surface area contributed by atoms with Crippen molar-refractivity contribution in [2.75, 3.05) is 7.11 Å². The van der Waals surface area contributed by atoms with Gasteiger partial charge in [0.2, 0.25) is 0 Å². The Kier molecular flexibility index (Phi) is 2.51. The summed E-state index contributed by atoms with van der Waals surface area (Å²) in [5, 5.41) is 0. The number of halogens is 2. The lowest BCUT2D eigenvalue weighted by Crippen LogP contribution is -1.89. The third-order valence-electron chi connectivity index (χ3n) is 2.27. The molecule has 2 aromatic carbocycles. The summed E-state index contributed by atoms with van der Waals surface area (Å²) in [6, 6.07) is 8.69. The molecule has 0 saturated heterocycles. The molecule has 0 amide bonds. The standard InChI is InChI=1S/C13H10F2O/c1-16-10-7-5-9(6-8-10)11-3-2-4-12(14)13(11)15/h2-8H,1H3/i7D. The van der Waals surface area contributed by atoms with Gasteiger partial charge in [-0.25, -0.2) is 8.78 Å². The van der Waals surface area contributed by atoms with Gasteiger partial charge in [0, 0.05) is 5.56 Å². The molecule has 0 aliphatic heterocycles. The molecule has 1 nitrogen and oxygen atoms in total. The maximum Gasteiger partial charge on any atom is 0.166 e. The lowest BCUT2D eigenvalue weighted by molar-refractivity contribution is 0.415. The molecule has 0 N–H and O–H groups in total. The maximum atomic E-state index is 13.5. The molecule has 0 spiro atoms. The van der Waals surface area contributed by atoms with E-state index in [0.29, 0.717) is 11.3 Å². The average Bonchev–Trinajstić information content (AvgIpc) is 2.32. The van der Waals surface area contributed by atoms with Crippen LogP contribution in [0.1, 0.15) is 1.37 Å². The van der Waals surface area contributed by atoms with Gasteiger partial charge in [0.15, 0.2) is 11.6 Å². The average molecular weight is 221 g/mol. The Bertz CT molecular complexity index is 555. The summed E-state index contributed by atoms with van der Waals surface area (Å²) in [6.07, 6.45) is 0. The largest absolute Gasteiger partial charge is 0.497 e. The van der Waals surface area contributed by atoms with Gasteiger partial charge in [-0.05, 0) is 23.7 Å². The first-order chi connectivity index (χ1) is 8.13. The molecule has 2 rings (SSSR count). The Morgan fingerprint density at radius 2 is 1.94 bits per heavy atom. The SMILES string of the molecule is [2H]c1cc(-c2cccc(F)c2F)ccc1OC. The summed E-state index contributed by atoms with van der Waals surface area (Å²) in [5.74, 6) is -1.41. The molecule has 0 saturated carbocycles. The highest BCUT2D eigenvalue weighted by atomic mass is 19.2. The molecule has 3 heteroatoms. The van der Waals surface area contributed by atoms with Gasteiger partial charge in [-0.1, -0.05) is 24.3 Å². The van der Waals surface area contributed by atoms with Crippen LogP contribution in [-0.4, -0.2) is 7.11 Å². The zero-order chi connectivity index (χ0) is 12.4. The number of benzene rings is 2. The first kappa shape index (κ1) is 9.33. The zero-order valence-electron chi connectivity index (χ0n) is 9.63. The summed E-state index contributed by atoms with van der Waals surface area (Å²) in [7, 11) is 1.45. The van der Waals surface area contributed by atoms with E-state index in [0.717, 1.165) is 6.07 Å². The molecule has 16 heavy (non-hydrogen) atoms. The molecule has 0 radical (unpaired) electrons. The number of rotatable bonds is 2. The number of ether oxygens (including phenoxy) is 1. The summed E-state index contributed by atoms with van der Waals surface area (Å²) in [6.45, 7) is 0. The molecule has 0 bridgehead atoms. The predicted octanol–water partition coefficient (Wildman–Crippen LogP) is 3.64. The minimum atomic E-state index is -0.905. The summed E-state index contributed by atoms with van der Waals surface area (Å²) in [5.41, 5.74) is 0.592. The highest BCUT2D eigenvalue weighted by molar-refractivity contribution is 5.64. The van der Waals surface area contributed by atoms with Crippen molar-refractivity contribution in [3.05, 3.63) is 54.1 Å². The lowest BCUT2D eigenvalue weighted by Gasteiger charge is -2.05. The Balaban J connectivity index is 2.54. The number of hydrogen-bond acceptors (Lipinski definition) is 1. The van der Waals surface area contributed by atoms with Crippen LogP contribution in [0.2, 0.25) is 0 Å². The second kappa shape index (κ2) is 4.31. The number of hydrogen-bond donors (Lipinski definition) is 0. The van der Waals surface area contributed by atoms with E-state index >= 15 is 0 Å². The van der Waals surface area contributed by atoms with Crippen LogP contribution in [0.15, 0.2) is 42.4 Å². The van der Waals surface area contributed by atoms with Gasteiger partial charge in [-0.2, -0.15) is 0 Å². The Labute approximate surface area is 93.7 Å². The molecule has 82 valence electrons. The molecular formula is C13H10F2O. The van der Waals surface area contributed by atoms with Crippen molar-refractivity contribution in [3.63, 3.8) is 0 Å². The molecule has 0 aliphatic carbocycles. The Morgan fingerprint density at radius 1 is 1.12 bits per heavy atom. The van der Waals surface area contributed by atoms with Crippen LogP contribution in [0.4, 0.5) is 8.78 Å². The van der Waals surface area contributed by atoms with Crippen LogP contribution in [-0.2, 0) is 0 Å². The van der Waals surface area contributed by atoms with Crippen LogP contribution in [0.25, 0.3) is 11.1 Å².